The highest BCUT2D eigenvalue weighted by molar-refractivity contribution is 5.94. The molecule has 0 saturated carbocycles. The summed E-state index contributed by atoms with van der Waals surface area (Å²) >= 11 is 0. The van der Waals surface area contributed by atoms with E-state index in [9.17, 15) is 19.2 Å². The molecule has 1 rings (SSSR count). The van der Waals surface area contributed by atoms with Crippen LogP contribution in [0.3, 0.4) is 0 Å². The minimum atomic E-state index is -1.30. The number of carboxylic acid groups (broad SMARTS) is 1. The zero-order valence-electron chi connectivity index (χ0n) is 12.1. The smallest absolute Gasteiger partial charge is 0.322 e. The highest BCUT2D eigenvalue weighted by atomic mass is 16.4. The Labute approximate surface area is 130 Å². The minimum absolute atomic E-state index is 0.145. The van der Waals surface area contributed by atoms with Gasteiger partial charge in [-0.2, -0.15) is 0 Å². The molecule has 0 bridgehead atoms. The number of carbonyl (C=O) groups excluding carboxylic acids is 3. The van der Waals surface area contributed by atoms with E-state index in [0.717, 1.165) is 0 Å². The number of H-pyrrole nitrogens is 1. The normalized spacial score (nSPS) is 12.9. The van der Waals surface area contributed by atoms with Crippen molar-refractivity contribution in [2.75, 3.05) is 6.54 Å². The van der Waals surface area contributed by atoms with Gasteiger partial charge in [0.15, 0.2) is 0 Å². The van der Waals surface area contributed by atoms with Crippen molar-refractivity contribution < 1.29 is 24.3 Å². The first-order valence-electron chi connectivity index (χ1n) is 6.60. The quantitative estimate of drug-likeness (QED) is 0.275. The van der Waals surface area contributed by atoms with Gasteiger partial charge in [-0.25, -0.2) is 4.98 Å². The molecule has 3 amide bonds. The molecular weight excluding hydrogens is 308 g/mol. The number of imidazole rings is 1. The highest BCUT2D eigenvalue weighted by Crippen LogP contribution is 1.99. The molecule has 0 radical (unpaired) electrons. The van der Waals surface area contributed by atoms with Crippen LogP contribution in [0.5, 0.6) is 0 Å². The SMILES string of the molecule is NC(=O)CC(NC(=O)C(N)Cc1cnc[nH]1)C(=O)NCC(=O)O. The predicted octanol–water partition coefficient (Wildman–Crippen LogP) is -3.16. The van der Waals surface area contributed by atoms with E-state index in [1.54, 1.807) is 0 Å². The van der Waals surface area contributed by atoms with Crippen LogP contribution in [0.15, 0.2) is 12.5 Å². The van der Waals surface area contributed by atoms with Crippen molar-refractivity contribution in [1.82, 2.24) is 20.6 Å². The number of nitrogens with one attached hydrogen (secondary N) is 3. The second kappa shape index (κ2) is 8.48. The van der Waals surface area contributed by atoms with Gasteiger partial charge in [0, 0.05) is 18.3 Å². The Hall–Kier alpha value is -2.95. The van der Waals surface area contributed by atoms with Gasteiger partial charge in [-0.1, -0.05) is 0 Å². The van der Waals surface area contributed by atoms with E-state index in [2.05, 4.69) is 20.6 Å². The van der Waals surface area contributed by atoms with Crippen molar-refractivity contribution in [2.24, 2.45) is 11.5 Å². The van der Waals surface area contributed by atoms with Gasteiger partial charge < -0.3 is 32.2 Å². The second-order valence-electron chi connectivity index (χ2n) is 4.73. The average Bonchev–Trinajstić information content (AvgIpc) is 2.96. The topological polar surface area (TPSA) is 193 Å². The summed E-state index contributed by atoms with van der Waals surface area (Å²) in [5, 5.41) is 12.9. The number of carboxylic acids is 1. The van der Waals surface area contributed by atoms with Crippen LogP contribution in [0, 0.1) is 0 Å². The van der Waals surface area contributed by atoms with Crippen LogP contribution >= 0.6 is 0 Å². The third-order valence-electron chi connectivity index (χ3n) is 2.78. The maximum absolute atomic E-state index is 12.0. The lowest BCUT2D eigenvalue weighted by molar-refractivity contribution is -0.138. The summed E-state index contributed by atoms with van der Waals surface area (Å²) in [6, 6.07) is -2.29. The fraction of sp³-hybridized carbons (Fsp3) is 0.417. The first-order valence-corrected chi connectivity index (χ1v) is 6.60. The number of aliphatic carboxylic acids is 1. The van der Waals surface area contributed by atoms with Gasteiger partial charge in [0.1, 0.15) is 12.6 Å². The Kier molecular flexibility index (Phi) is 6.68. The van der Waals surface area contributed by atoms with E-state index in [4.69, 9.17) is 16.6 Å². The number of amides is 3. The van der Waals surface area contributed by atoms with Crippen molar-refractivity contribution in [1.29, 1.82) is 0 Å². The van der Waals surface area contributed by atoms with E-state index in [1.807, 2.05) is 0 Å². The average molecular weight is 326 g/mol. The van der Waals surface area contributed by atoms with E-state index < -0.39 is 48.7 Å². The molecule has 0 aliphatic carbocycles. The molecule has 11 nitrogen and oxygen atoms in total. The predicted molar refractivity (Wildman–Crippen MR) is 76.7 cm³/mol. The van der Waals surface area contributed by atoms with Crippen molar-refractivity contribution in [3.05, 3.63) is 18.2 Å². The second-order valence-corrected chi connectivity index (χ2v) is 4.73. The number of carbonyl (C=O) groups is 4. The monoisotopic (exact) mass is 326 g/mol. The Morgan fingerprint density at radius 2 is 2.00 bits per heavy atom. The van der Waals surface area contributed by atoms with Gasteiger partial charge in [-0.05, 0) is 0 Å². The van der Waals surface area contributed by atoms with E-state index in [0.29, 0.717) is 5.69 Å². The Morgan fingerprint density at radius 1 is 1.30 bits per heavy atom. The molecule has 23 heavy (non-hydrogen) atoms. The first kappa shape index (κ1) is 18.1. The summed E-state index contributed by atoms with van der Waals surface area (Å²) in [6.07, 6.45) is 2.59. The number of aromatic amines is 1. The lowest BCUT2D eigenvalue weighted by Gasteiger charge is -2.19. The molecule has 1 heterocycles. The van der Waals surface area contributed by atoms with Gasteiger partial charge in [-0.15, -0.1) is 0 Å². The van der Waals surface area contributed by atoms with Crippen molar-refractivity contribution in [3.8, 4) is 0 Å². The zero-order valence-corrected chi connectivity index (χ0v) is 12.1. The lowest BCUT2D eigenvalue weighted by Crippen LogP contribution is -2.53. The molecule has 11 heteroatoms. The number of hydrogen-bond acceptors (Lipinski definition) is 6. The summed E-state index contributed by atoms with van der Waals surface area (Å²) in [5.41, 5.74) is 11.3. The lowest BCUT2D eigenvalue weighted by atomic mass is 10.1. The number of rotatable bonds is 9. The van der Waals surface area contributed by atoms with Crippen LogP contribution in [0.25, 0.3) is 0 Å². The standard InChI is InChI=1S/C12H18N6O5/c13-7(1-6-3-15-5-17-6)11(22)18-8(2-9(14)19)12(23)16-4-10(20)21/h3,5,7-8H,1-2,4,13H2,(H2,14,19)(H,15,17)(H,16,23)(H,18,22)(H,20,21). The van der Waals surface area contributed by atoms with E-state index >= 15 is 0 Å². The fourth-order valence-electron chi connectivity index (χ4n) is 1.70. The maximum Gasteiger partial charge on any atom is 0.322 e. The van der Waals surface area contributed by atoms with Gasteiger partial charge >= 0.3 is 5.97 Å². The Bertz CT molecular complexity index is 573. The Morgan fingerprint density at radius 3 is 2.52 bits per heavy atom. The van der Waals surface area contributed by atoms with Crippen LogP contribution in [0.1, 0.15) is 12.1 Å². The van der Waals surface area contributed by atoms with E-state index in [1.165, 1.54) is 12.5 Å². The molecule has 2 atom stereocenters. The van der Waals surface area contributed by atoms with Crippen LogP contribution in [-0.4, -0.2) is 57.4 Å². The van der Waals surface area contributed by atoms with Crippen LogP contribution in [0.2, 0.25) is 0 Å². The zero-order chi connectivity index (χ0) is 17.4. The van der Waals surface area contributed by atoms with Crippen LogP contribution in [-0.2, 0) is 25.6 Å². The molecule has 1 aromatic heterocycles. The van der Waals surface area contributed by atoms with Crippen LogP contribution < -0.4 is 22.1 Å². The maximum atomic E-state index is 12.0. The number of nitrogens with zero attached hydrogens (tertiary/aromatic N) is 1. The van der Waals surface area contributed by atoms with Crippen molar-refractivity contribution in [3.63, 3.8) is 0 Å². The third-order valence-corrected chi connectivity index (χ3v) is 2.78. The molecule has 126 valence electrons. The molecule has 0 spiro atoms. The molecule has 0 fully saturated rings. The van der Waals surface area contributed by atoms with Gasteiger partial charge in [0.25, 0.3) is 0 Å². The molecule has 0 aliphatic heterocycles. The van der Waals surface area contributed by atoms with Gasteiger partial charge in [0.05, 0.1) is 18.8 Å². The molecule has 0 aromatic carbocycles. The number of primary amides is 1. The summed E-state index contributed by atoms with van der Waals surface area (Å²) in [5.74, 6) is -3.62. The molecule has 1 aromatic rings. The summed E-state index contributed by atoms with van der Waals surface area (Å²) in [4.78, 5) is 51.8. The number of hydrogen-bond donors (Lipinski definition) is 6. The molecule has 8 N–H and O–H groups in total. The van der Waals surface area contributed by atoms with Gasteiger partial charge in [0.2, 0.25) is 17.7 Å². The summed E-state index contributed by atoms with van der Waals surface area (Å²) in [6.45, 7) is -0.649. The van der Waals surface area contributed by atoms with Crippen molar-refractivity contribution in [2.45, 2.75) is 24.9 Å². The highest BCUT2D eigenvalue weighted by Gasteiger charge is 2.25. The minimum Gasteiger partial charge on any atom is -0.480 e. The molecule has 0 saturated heterocycles. The van der Waals surface area contributed by atoms with Crippen molar-refractivity contribution >= 4 is 23.7 Å². The molecular formula is C12H18N6O5. The molecule has 0 aliphatic rings. The Balaban J connectivity index is 2.63. The van der Waals surface area contributed by atoms with Gasteiger partial charge in [-0.3, -0.25) is 19.2 Å². The summed E-state index contributed by atoms with van der Waals surface area (Å²) in [7, 11) is 0. The first-order chi connectivity index (χ1) is 10.8. The largest absolute Gasteiger partial charge is 0.480 e. The third kappa shape index (κ3) is 6.56. The van der Waals surface area contributed by atoms with Crippen LogP contribution in [0.4, 0.5) is 0 Å². The molecule has 2 unspecified atom stereocenters. The fourth-order valence-corrected chi connectivity index (χ4v) is 1.70. The summed E-state index contributed by atoms with van der Waals surface area (Å²) < 4.78 is 0. The number of aromatic nitrogens is 2. The number of nitrogens with two attached hydrogens (primary N) is 2. The van der Waals surface area contributed by atoms with E-state index in [-0.39, 0.29) is 6.42 Å².